The molecular formula is C13H17F2NO. The highest BCUT2D eigenvalue weighted by molar-refractivity contribution is 5.23. The normalized spacial score (nSPS) is 19.1. The lowest BCUT2D eigenvalue weighted by molar-refractivity contribution is 0.0275. The Labute approximate surface area is 99.8 Å². The Hall–Kier alpha value is -1.00. The van der Waals surface area contributed by atoms with Crippen LogP contribution in [0.1, 0.15) is 31.4 Å². The van der Waals surface area contributed by atoms with Crippen molar-refractivity contribution in [1.29, 1.82) is 0 Å². The molecule has 1 aliphatic carbocycles. The predicted molar refractivity (Wildman–Crippen MR) is 61.4 cm³/mol. The fourth-order valence-electron chi connectivity index (χ4n) is 2.10. The van der Waals surface area contributed by atoms with Gasteiger partial charge < -0.3 is 10.5 Å². The first kappa shape index (κ1) is 12.5. The Balaban J connectivity index is 2.18. The van der Waals surface area contributed by atoms with Gasteiger partial charge in [0.25, 0.3) is 0 Å². The summed E-state index contributed by atoms with van der Waals surface area (Å²) in [6.45, 7) is 2.45. The molecule has 0 aliphatic heterocycles. The van der Waals surface area contributed by atoms with Gasteiger partial charge in [0, 0.05) is 18.2 Å². The van der Waals surface area contributed by atoms with Crippen molar-refractivity contribution < 1.29 is 13.5 Å². The van der Waals surface area contributed by atoms with E-state index < -0.39 is 17.7 Å². The predicted octanol–water partition coefficient (Wildman–Crippen LogP) is 2.78. The molecule has 2 rings (SSSR count). The molecule has 4 heteroatoms. The van der Waals surface area contributed by atoms with E-state index in [1.54, 1.807) is 0 Å². The number of hydrogen-bond donors (Lipinski definition) is 1. The first-order valence-electron chi connectivity index (χ1n) is 5.95. The summed E-state index contributed by atoms with van der Waals surface area (Å²) in [7, 11) is 0. The molecular weight excluding hydrogens is 224 g/mol. The van der Waals surface area contributed by atoms with E-state index >= 15 is 0 Å². The molecule has 1 saturated carbocycles. The maximum Gasteiger partial charge on any atom is 0.130 e. The van der Waals surface area contributed by atoms with Gasteiger partial charge in [-0.15, -0.1) is 0 Å². The Morgan fingerprint density at radius 3 is 2.65 bits per heavy atom. The lowest BCUT2D eigenvalue weighted by Gasteiger charge is -2.24. The van der Waals surface area contributed by atoms with Crippen molar-refractivity contribution in [2.45, 2.75) is 31.9 Å². The van der Waals surface area contributed by atoms with Gasteiger partial charge in [-0.1, -0.05) is 6.07 Å². The van der Waals surface area contributed by atoms with E-state index in [9.17, 15) is 8.78 Å². The summed E-state index contributed by atoms with van der Waals surface area (Å²) in [4.78, 5) is 0. The Bertz CT molecular complexity index is 393. The minimum Gasteiger partial charge on any atom is -0.376 e. The molecule has 0 heterocycles. The number of benzene rings is 1. The van der Waals surface area contributed by atoms with E-state index in [0.717, 1.165) is 18.9 Å². The maximum absolute atomic E-state index is 13.6. The third-order valence-corrected chi connectivity index (χ3v) is 3.12. The second-order valence-electron chi connectivity index (χ2n) is 4.45. The van der Waals surface area contributed by atoms with E-state index in [-0.39, 0.29) is 6.10 Å². The molecule has 2 nitrogen and oxygen atoms in total. The minimum absolute atomic E-state index is 0.167. The Morgan fingerprint density at radius 1 is 1.41 bits per heavy atom. The zero-order valence-electron chi connectivity index (χ0n) is 9.83. The molecule has 0 saturated heterocycles. The number of ether oxygens (including phenoxy) is 1. The molecule has 0 radical (unpaired) electrons. The van der Waals surface area contributed by atoms with Crippen LogP contribution in [0.25, 0.3) is 0 Å². The Kier molecular flexibility index (Phi) is 3.74. The molecule has 0 amide bonds. The third-order valence-electron chi connectivity index (χ3n) is 3.12. The minimum atomic E-state index is -0.595. The lowest BCUT2D eigenvalue weighted by atomic mass is 9.98. The smallest absolute Gasteiger partial charge is 0.130 e. The van der Waals surface area contributed by atoms with Crippen molar-refractivity contribution in [2.24, 2.45) is 11.7 Å². The van der Waals surface area contributed by atoms with Crippen LogP contribution in [-0.2, 0) is 4.74 Å². The van der Waals surface area contributed by atoms with Crippen LogP contribution in [0.5, 0.6) is 0 Å². The standard InChI is InChI=1S/C13H17F2NO/c1-2-17-13(8-3-4-8)12(16)10-6-5-9(14)7-11(10)15/h5-8,12-13H,2-4,16H2,1H3. The highest BCUT2D eigenvalue weighted by Crippen LogP contribution is 2.39. The molecule has 1 fully saturated rings. The van der Waals surface area contributed by atoms with Gasteiger partial charge in [-0.3, -0.25) is 0 Å². The summed E-state index contributed by atoms with van der Waals surface area (Å²) in [6, 6.07) is 2.98. The monoisotopic (exact) mass is 241 g/mol. The topological polar surface area (TPSA) is 35.2 Å². The average Bonchev–Trinajstić information content (AvgIpc) is 3.09. The maximum atomic E-state index is 13.6. The first-order valence-corrected chi connectivity index (χ1v) is 5.95. The second-order valence-corrected chi connectivity index (χ2v) is 4.45. The van der Waals surface area contributed by atoms with Gasteiger partial charge in [-0.25, -0.2) is 8.78 Å². The first-order chi connectivity index (χ1) is 8.13. The second kappa shape index (κ2) is 5.10. The van der Waals surface area contributed by atoms with Crippen molar-refractivity contribution in [2.75, 3.05) is 6.61 Å². The summed E-state index contributed by atoms with van der Waals surface area (Å²) in [5, 5.41) is 0. The van der Waals surface area contributed by atoms with E-state index in [0.29, 0.717) is 18.1 Å². The van der Waals surface area contributed by atoms with Gasteiger partial charge in [-0.05, 0) is 31.7 Å². The van der Waals surface area contributed by atoms with E-state index in [4.69, 9.17) is 10.5 Å². The number of nitrogens with two attached hydrogens (primary N) is 1. The van der Waals surface area contributed by atoms with Crippen LogP contribution in [0.2, 0.25) is 0 Å². The highest BCUT2D eigenvalue weighted by Gasteiger charge is 2.37. The molecule has 1 aromatic carbocycles. The van der Waals surface area contributed by atoms with Crippen molar-refractivity contribution in [3.05, 3.63) is 35.4 Å². The largest absolute Gasteiger partial charge is 0.376 e. The molecule has 0 spiro atoms. The van der Waals surface area contributed by atoms with Crippen LogP contribution < -0.4 is 5.73 Å². The van der Waals surface area contributed by atoms with Crippen molar-refractivity contribution in [3.63, 3.8) is 0 Å². The highest BCUT2D eigenvalue weighted by atomic mass is 19.1. The molecule has 2 atom stereocenters. The molecule has 1 aliphatic rings. The molecule has 0 bridgehead atoms. The molecule has 0 aromatic heterocycles. The van der Waals surface area contributed by atoms with Crippen LogP contribution in [0, 0.1) is 17.6 Å². The van der Waals surface area contributed by atoms with E-state index in [1.165, 1.54) is 12.1 Å². The zero-order valence-corrected chi connectivity index (χ0v) is 9.83. The lowest BCUT2D eigenvalue weighted by Crippen LogP contribution is -2.31. The average molecular weight is 241 g/mol. The van der Waals surface area contributed by atoms with Crippen molar-refractivity contribution in [3.8, 4) is 0 Å². The van der Waals surface area contributed by atoms with Crippen molar-refractivity contribution >= 4 is 0 Å². The number of rotatable bonds is 5. The molecule has 1 aromatic rings. The molecule has 2 N–H and O–H groups in total. The summed E-state index contributed by atoms with van der Waals surface area (Å²) in [6.07, 6.45) is 1.97. The van der Waals surface area contributed by atoms with Gasteiger partial charge in [0.2, 0.25) is 0 Å². The summed E-state index contributed by atoms with van der Waals surface area (Å²) in [5.41, 5.74) is 6.36. The van der Waals surface area contributed by atoms with Gasteiger partial charge in [0.1, 0.15) is 11.6 Å². The van der Waals surface area contributed by atoms with Crippen LogP contribution in [-0.4, -0.2) is 12.7 Å². The number of halogens is 2. The van der Waals surface area contributed by atoms with Gasteiger partial charge in [-0.2, -0.15) is 0 Å². The van der Waals surface area contributed by atoms with Gasteiger partial charge in [0.05, 0.1) is 12.1 Å². The van der Waals surface area contributed by atoms with Crippen LogP contribution in [0.3, 0.4) is 0 Å². The molecule has 2 unspecified atom stereocenters. The zero-order chi connectivity index (χ0) is 12.4. The molecule has 94 valence electrons. The molecule has 17 heavy (non-hydrogen) atoms. The van der Waals surface area contributed by atoms with Crippen molar-refractivity contribution in [1.82, 2.24) is 0 Å². The Morgan fingerprint density at radius 2 is 2.12 bits per heavy atom. The van der Waals surface area contributed by atoms with E-state index in [1.807, 2.05) is 6.92 Å². The number of hydrogen-bond acceptors (Lipinski definition) is 2. The third kappa shape index (κ3) is 2.82. The fraction of sp³-hybridized carbons (Fsp3) is 0.538. The van der Waals surface area contributed by atoms with Gasteiger partial charge in [0.15, 0.2) is 0 Å². The van der Waals surface area contributed by atoms with Crippen LogP contribution in [0.4, 0.5) is 8.78 Å². The van der Waals surface area contributed by atoms with Gasteiger partial charge >= 0.3 is 0 Å². The summed E-state index contributed by atoms with van der Waals surface area (Å²) >= 11 is 0. The summed E-state index contributed by atoms with van der Waals surface area (Å²) in [5.74, 6) is -0.768. The summed E-state index contributed by atoms with van der Waals surface area (Å²) < 4.78 is 32.0. The van der Waals surface area contributed by atoms with E-state index in [2.05, 4.69) is 0 Å². The van der Waals surface area contributed by atoms with Crippen LogP contribution >= 0.6 is 0 Å². The SMILES string of the molecule is CCOC(C1CC1)C(N)c1ccc(F)cc1F. The quantitative estimate of drug-likeness (QED) is 0.860. The van der Waals surface area contributed by atoms with Crippen LogP contribution in [0.15, 0.2) is 18.2 Å². The fourth-order valence-corrected chi connectivity index (χ4v) is 2.10.